The molecule has 1 aromatic carbocycles. The second-order valence-corrected chi connectivity index (χ2v) is 8.23. The minimum Gasteiger partial charge on any atom is -0.507 e. The van der Waals surface area contributed by atoms with Crippen LogP contribution in [0.4, 0.5) is 14.6 Å². The summed E-state index contributed by atoms with van der Waals surface area (Å²) in [6.45, 7) is 1.96. The van der Waals surface area contributed by atoms with Crippen LogP contribution in [0.15, 0.2) is 36.8 Å². The molecular weight excluding hydrogens is 402 g/mol. The minimum absolute atomic E-state index is 0.0177. The van der Waals surface area contributed by atoms with Crippen LogP contribution in [0.25, 0.3) is 22.5 Å². The quantitative estimate of drug-likeness (QED) is 0.574. The summed E-state index contributed by atoms with van der Waals surface area (Å²) in [5.74, 6) is -1.76. The number of halogens is 2. The van der Waals surface area contributed by atoms with Gasteiger partial charge in [-0.05, 0) is 36.5 Å². The first kappa shape index (κ1) is 21.1. The molecule has 2 N–H and O–H groups in total. The molecule has 2 heterocycles. The van der Waals surface area contributed by atoms with Gasteiger partial charge in [0, 0.05) is 37.7 Å². The van der Waals surface area contributed by atoms with Gasteiger partial charge in [0.2, 0.25) is 5.92 Å². The van der Waals surface area contributed by atoms with E-state index in [1.54, 1.807) is 30.7 Å². The van der Waals surface area contributed by atoms with E-state index in [0.29, 0.717) is 30.0 Å². The van der Waals surface area contributed by atoms with E-state index < -0.39 is 5.92 Å². The van der Waals surface area contributed by atoms with E-state index in [0.717, 1.165) is 17.5 Å². The molecule has 0 amide bonds. The molecule has 0 radical (unpaired) electrons. The number of hydrogen-bond donors (Lipinski definition) is 2. The lowest BCUT2D eigenvalue weighted by atomic mass is 9.94. The van der Waals surface area contributed by atoms with Crippen molar-refractivity contribution in [1.29, 1.82) is 0 Å². The number of nitrogens with zero attached hydrogens (tertiary/aromatic N) is 5. The van der Waals surface area contributed by atoms with Crippen molar-refractivity contribution in [3.8, 4) is 28.3 Å². The number of rotatable bonds is 5. The van der Waals surface area contributed by atoms with Crippen LogP contribution in [0.3, 0.4) is 0 Å². The Kier molecular flexibility index (Phi) is 5.84. The monoisotopic (exact) mass is 428 g/mol. The third kappa shape index (κ3) is 4.65. The third-order valence-electron chi connectivity index (χ3n) is 6.14. The molecule has 1 aliphatic carbocycles. The van der Waals surface area contributed by atoms with Gasteiger partial charge >= 0.3 is 0 Å². The highest BCUT2D eigenvalue weighted by Gasteiger charge is 2.38. The summed E-state index contributed by atoms with van der Waals surface area (Å²) in [5, 5.41) is 25.5. The number of H-pyrrole nitrogens is 1. The van der Waals surface area contributed by atoms with Crippen molar-refractivity contribution >= 4 is 5.82 Å². The summed E-state index contributed by atoms with van der Waals surface area (Å²) >= 11 is 0. The Hall–Kier alpha value is -3.10. The Labute approximate surface area is 179 Å². The Balaban J connectivity index is 1.51. The molecule has 9 heteroatoms. The lowest BCUT2D eigenvalue weighted by Gasteiger charge is -2.29. The number of alkyl halides is 2. The van der Waals surface area contributed by atoms with Gasteiger partial charge < -0.3 is 10.0 Å². The summed E-state index contributed by atoms with van der Waals surface area (Å²) < 4.78 is 28.1. The standard InChI is InChI=1S/C22H26F2N6O/c1-3-14-8-17(6-7-22(23,24)10-14)30(2)20-13-25-21(29-28-20)18-5-4-15(9-19(18)31)16-11-26-27-12-16/h4-5,9,11-14,17,31H,3,6-8,10H2,1-2H3,(H,26,27)/t14-,17-/m0/s1. The molecular formula is C22H26F2N6O. The zero-order valence-electron chi connectivity index (χ0n) is 17.6. The molecule has 0 bridgehead atoms. The lowest BCUT2D eigenvalue weighted by Crippen LogP contribution is -2.33. The first-order valence-corrected chi connectivity index (χ1v) is 10.5. The van der Waals surface area contributed by atoms with Crippen molar-refractivity contribution in [3.63, 3.8) is 0 Å². The second kappa shape index (κ2) is 8.56. The van der Waals surface area contributed by atoms with Gasteiger partial charge in [0.1, 0.15) is 5.75 Å². The van der Waals surface area contributed by atoms with Gasteiger partial charge in [-0.15, -0.1) is 10.2 Å². The van der Waals surface area contributed by atoms with Crippen molar-refractivity contribution < 1.29 is 13.9 Å². The zero-order chi connectivity index (χ0) is 22.0. The number of aromatic amines is 1. The molecule has 1 fully saturated rings. The number of nitrogens with one attached hydrogen (secondary N) is 1. The summed E-state index contributed by atoms with van der Waals surface area (Å²) in [6, 6.07) is 5.17. The van der Waals surface area contributed by atoms with Gasteiger partial charge in [-0.25, -0.2) is 13.8 Å². The molecule has 1 saturated carbocycles. The SMILES string of the molecule is CC[C@H]1C[C@@H](N(C)c2cnc(-c3ccc(-c4cn[nH]c4)cc3O)nn2)CCC(F)(F)C1. The topological polar surface area (TPSA) is 90.8 Å². The van der Waals surface area contributed by atoms with Gasteiger partial charge in [0.15, 0.2) is 11.6 Å². The van der Waals surface area contributed by atoms with E-state index in [4.69, 9.17) is 0 Å². The Morgan fingerprint density at radius 3 is 2.71 bits per heavy atom. The summed E-state index contributed by atoms with van der Waals surface area (Å²) in [5.41, 5.74) is 2.14. The summed E-state index contributed by atoms with van der Waals surface area (Å²) in [6.07, 6.45) is 6.65. The number of phenolic OH excluding ortho intramolecular Hbond substituents is 1. The van der Waals surface area contributed by atoms with Crippen LogP contribution in [0.2, 0.25) is 0 Å². The van der Waals surface area contributed by atoms with E-state index in [9.17, 15) is 13.9 Å². The highest BCUT2D eigenvalue weighted by Crippen LogP contribution is 2.38. The van der Waals surface area contributed by atoms with Crippen LogP contribution in [-0.4, -0.2) is 49.5 Å². The van der Waals surface area contributed by atoms with Gasteiger partial charge in [-0.1, -0.05) is 19.4 Å². The smallest absolute Gasteiger partial charge is 0.248 e. The zero-order valence-corrected chi connectivity index (χ0v) is 17.6. The minimum atomic E-state index is -2.61. The third-order valence-corrected chi connectivity index (χ3v) is 6.14. The van der Waals surface area contributed by atoms with Crippen molar-refractivity contribution in [3.05, 3.63) is 36.8 Å². The Morgan fingerprint density at radius 2 is 2.06 bits per heavy atom. The molecule has 0 saturated heterocycles. The number of hydrogen-bond acceptors (Lipinski definition) is 6. The number of phenols is 1. The average Bonchev–Trinajstić information content (AvgIpc) is 3.25. The average molecular weight is 428 g/mol. The van der Waals surface area contributed by atoms with E-state index in [-0.39, 0.29) is 30.6 Å². The number of aromatic hydroxyl groups is 1. The maximum atomic E-state index is 14.0. The lowest BCUT2D eigenvalue weighted by molar-refractivity contribution is -0.0255. The van der Waals surface area contributed by atoms with E-state index in [2.05, 4.69) is 25.4 Å². The first-order chi connectivity index (χ1) is 14.9. The maximum absolute atomic E-state index is 14.0. The molecule has 3 aromatic rings. The maximum Gasteiger partial charge on any atom is 0.248 e. The predicted molar refractivity (Wildman–Crippen MR) is 114 cm³/mol. The fourth-order valence-corrected chi connectivity index (χ4v) is 4.20. The highest BCUT2D eigenvalue weighted by molar-refractivity contribution is 5.72. The molecule has 7 nitrogen and oxygen atoms in total. The van der Waals surface area contributed by atoms with Crippen LogP contribution in [0, 0.1) is 5.92 Å². The molecule has 0 aliphatic heterocycles. The molecule has 2 aromatic heterocycles. The first-order valence-electron chi connectivity index (χ1n) is 10.5. The number of anilines is 1. The van der Waals surface area contributed by atoms with Crippen molar-refractivity contribution in [2.45, 2.75) is 51.0 Å². The number of benzene rings is 1. The highest BCUT2D eigenvalue weighted by atomic mass is 19.3. The molecule has 4 rings (SSSR count). The van der Waals surface area contributed by atoms with Crippen molar-refractivity contribution in [2.75, 3.05) is 11.9 Å². The van der Waals surface area contributed by atoms with Gasteiger partial charge in [-0.3, -0.25) is 5.10 Å². The van der Waals surface area contributed by atoms with Crippen LogP contribution >= 0.6 is 0 Å². The van der Waals surface area contributed by atoms with E-state index in [1.807, 2.05) is 24.9 Å². The van der Waals surface area contributed by atoms with Crippen molar-refractivity contribution in [1.82, 2.24) is 25.4 Å². The second-order valence-electron chi connectivity index (χ2n) is 8.23. The van der Waals surface area contributed by atoms with Crippen LogP contribution in [-0.2, 0) is 0 Å². The normalized spacial score (nSPS) is 20.9. The van der Waals surface area contributed by atoms with Crippen LogP contribution < -0.4 is 4.90 Å². The summed E-state index contributed by atoms with van der Waals surface area (Å²) in [7, 11) is 1.85. The number of aromatic nitrogens is 5. The van der Waals surface area contributed by atoms with Gasteiger partial charge in [-0.2, -0.15) is 5.10 Å². The molecule has 2 atom stereocenters. The van der Waals surface area contributed by atoms with Gasteiger partial charge in [0.25, 0.3) is 0 Å². The molecule has 0 unspecified atom stereocenters. The Morgan fingerprint density at radius 1 is 1.23 bits per heavy atom. The largest absolute Gasteiger partial charge is 0.507 e. The van der Waals surface area contributed by atoms with Crippen LogP contribution in [0.1, 0.15) is 39.0 Å². The van der Waals surface area contributed by atoms with Crippen molar-refractivity contribution in [2.24, 2.45) is 5.92 Å². The predicted octanol–water partition coefficient (Wildman–Crippen LogP) is 4.67. The Bertz CT molecular complexity index is 1010. The summed E-state index contributed by atoms with van der Waals surface area (Å²) in [4.78, 5) is 6.27. The molecule has 164 valence electrons. The fraction of sp³-hybridized carbons (Fsp3) is 0.455. The fourth-order valence-electron chi connectivity index (χ4n) is 4.20. The molecule has 31 heavy (non-hydrogen) atoms. The van der Waals surface area contributed by atoms with Gasteiger partial charge in [0.05, 0.1) is 18.0 Å². The molecule has 1 aliphatic rings. The van der Waals surface area contributed by atoms with E-state index >= 15 is 0 Å². The molecule has 0 spiro atoms. The van der Waals surface area contributed by atoms with Crippen LogP contribution in [0.5, 0.6) is 5.75 Å². The van der Waals surface area contributed by atoms with E-state index in [1.165, 1.54) is 0 Å².